The molecule has 0 amide bonds. The number of carboxylic acids is 1. The molecule has 0 fully saturated rings. The van der Waals surface area contributed by atoms with Crippen LogP contribution in [0, 0.1) is 0 Å². The van der Waals surface area contributed by atoms with Crippen molar-refractivity contribution in [1.29, 1.82) is 0 Å². The normalized spacial score (nSPS) is 12.3. The highest BCUT2D eigenvalue weighted by atomic mass is 16.4. The van der Waals surface area contributed by atoms with E-state index in [2.05, 4.69) is 15.3 Å². The zero-order chi connectivity index (χ0) is 16.5. The topological polar surface area (TPSA) is 88.2 Å². The molecule has 2 N–H and O–H groups in total. The molecule has 0 aliphatic heterocycles. The second-order valence-corrected chi connectivity index (χ2v) is 5.32. The van der Waals surface area contributed by atoms with Crippen LogP contribution in [0.25, 0.3) is 22.1 Å². The van der Waals surface area contributed by atoms with E-state index < -0.39 is 12.0 Å². The Labute approximate surface area is 136 Å². The molecule has 0 saturated carbocycles. The summed E-state index contributed by atoms with van der Waals surface area (Å²) in [5, 5.41) is 13.4. The third-order valence-electron chi connectivity index (χ3n) is 3.82. The van der Waals surface area contributed by atoms with Gasteiger partial charge in [0.05, 0.1) is 0 Å². The Kier molecular flexibility index (Phi) is 3.35. The number of rotatable bonds is 4. The average molecular weight is 319 g/mol. The van der Waals surface area contributed by atoms with E-state index in [1.54, 1.807) is 24.3 Å². The molecular formula is C18H13N3O3. The van der Waals surface area contributed by atoms with Crippen molar-refractivity contribution in [2.75, 3.05) is 5.32 Å². The van der Waals surface area contributed by atoms with Crippen LogP contribution < -0.4 is 5.32 Å². The number of fused-ring (bicyclic) bond motifs is 3. The van der Waals surface area contributed by atoms with Gasteiger partial charge in [0, 0.05) is 5.39 Å². The van der Waals surface area contributed by atoms with Crippen molar-refractivity contribution in [3.8, 4) is 0 Å². The molecule has 0 bridgehead atoms. The summed E-state index contributed by atoms with van der Waals surface area (Å²) in [5.74, 6) is -0.642. The van der Waals surface area contributed by atoms with Crippen LogP contribution in [-0.2, 0) is 4.79 Å². The van der Waals surface area contributed by atoms with Gasteiger partial charge in [-0.3, -0.25) is 0 Å². The first-order valence-corrected chi connectivity index (χ1v) is 7.40. The second kappa shape index (κ2) is 5.66. The highest BCUT2D eigenvalue weighted by molar-refractivity contribution is 6.05. The van der Waals surface area contributed by atoms with Crippen LogP contribution in [-0.4, -0.2) is 21.0 Å². The number of nitrogens with one attached hydrogen (secondary N) is 1. The molecule has 2 aromatic carbocycles. The fourth-order valence-electron chi connectivity index (χ4n) is 2.70. The molecule has 6 heteroatoms. The average Bonchev–Trinajstić information content (AvgIpc) is 2.99. The van der Waals surface area contributed by atoms with Crippen LogP contribution in [0.15, 0.2) is 65.3 Å². The molecule has 0 radical (unpaired) electrons. The third kappa shape index (κ3) is 2.34. The van der Waals surface area contributed by atoms with Crippen molar-refractivity contribution in [2.24, 2.45) is 0 Å². The van der Waals surface area contributed by atoms with Crippen molar-refractivity contribution in [1.82, 2.24) is 9.97 Å². The van der Waals surface area contributed by atoms with Gasteiger partial charge < -0.3 is 14.8 Å². The number of carbonyl (C=O) groups is 1. The van der Waals surface area contributed by atoms with Crippen LogP contribution in [0.4, 0.5) is 5.82 Å². The fourth-order valence-corrected chi connectivity index (χ4v) is 2.70. The number of furan rings is 1. The SMILES string of the molecule is O=C(O)[C@H](Nc1ncnc2c1oc1ccccc12)c1ccccc1. The summed E-state index contributed by atoms with van der Waals surface area (Å²) in [6.45, 7) is 0. The molecule has 1 atom stereocenters. The van der Waals surface area contributed by atoms with Gasteiger partial charge in [0.1, 0.15) is 17.4 Å². The minimum atomic E-state index is -0.996. The number of benzene rings is 2. The molecule has 0 spiro atoms. The van der Waals surface area contributed by atoms with Crippen molar-refractivity contribution in [3.63, 3.8) is 0 Å². The smallest absolute Gasteiger partial charge is 0.330 e. The number of para-hydroxylation sites is 1. The van der Waals surface area contributed by atoms with E-state index in [0.29, 0.717) is 28.1 Å². The number of carboxylic acid groups (broad SMARTS) is 1. The lowest BCUT2D eigenvalue weighted by atomic mass is 10.1. The molecule has 118 valence electrons. The van der Waals surface area contributed by atoms with E-state index >= 15 is 0 Å². The molecular weight excluding hydrogens is 306 g/mol. The van der Waals surface area contributed by atoms with Crippen molar-refractivity contribution >= 4 is 33.9 Å². The van der Waals surface area contributed by atoms with Crippen LogP contribution in [0.2, 0.25) is 0 Å². The lowest BCUT2D eigenvalue weighted by Gasteiger charge is -2.15. The molecule has 0 saturated heterocycles. The van der Waals surface area contributed by atoms with Gasteiger partial charge in [-0.05, 0) is 17.7 Å². The zero-order valence-electron chi connectivity index (χ0n) is 12.5. The summed E-state index contributed by atoms with van der Waals surface area (Å²) in [5.41, 5.74) is 2.41. The molecule has 2 aromatic heterocycles. The van der Waals surface area contributed by atoms with Gasteiger partial charge in [-0.15, -0.1) is 0 Å². The Hall–Kier alpha value is -3.41. The lowest BCUT2D eigenvalue weighted by molar-refractivity contribution is -0.138. The first-order valence-electron chi connectivity index (χ1n) is 7.40. The van der Waals surface area contributed by atoms with Crippen LogP contribution in [0.1, 0.15) is 11.6 Å². The predicted molar refractivity (Wildman–Crippen MR) is 89.8 cm³/mol. The summed E-state index contributed by atoms with van der Waals surface area (Å²) < 4.78 is 5.82. The third-order valence-corrected chi connectivity index (χ3v) is 3.82. The molecule has 2 heterocycles. The monoisotopic (exact) mass is 319 g/mol. The Balaban J connectivity index is 1.82. The Morgan fingerprint density at radius 3 is 2.58 bits per heavy atom. The summed E-state index contributed by atoms with van der Waals surface area (Å²) in [6.07, 6.45) is 1.40. The lowest BCUT2D eigenvalue weighted by Crippen LogP contribution is -2.21. The number of hydrogen-bond donors (Lipinski definition) is 2. The fraction of sp³-hybridized carbons (Fsp3) is 0.0556. The number of nitrogens with zero attached hydrogens (tertiary/aromatic N) is 2. The standard InChI is InChI=1S/C18H13N3O3/c22-18(23)14(11-6-2-1-3-7-11)21-17-16-15(19-10-20-17)12-8-4-5-9-13(12)24-16/h1-10,14H,(H,22,23)(H,19,20,21)/t14-/m1/s1. The molecule has 0 aliphatic carbocycles. The number of anilines is 1. The van der Waals surface area contributed by atoms with Gasteiger partial charge in [0.25, 0.3) is 0 Å². The maximum Gasteiger partial charge on any atom is 0.330 e. The van der Waals surface area contributed by atoms with Gasteiger partial charge in [0.15, 0.2) is 17.4 Å². The van der Waals surface area contributed by atoms with E-state index in [9.17, 15) is 9.90 Å². The summed E-state index contributed by atoms with van der Waals surface area (Å²) in [7, 11) is 0. The van der Waals surface area contributed by atoms with Gasteiger partial charge in [0.2, 0.25) is 0 Å². The largest absolute Gasteiger partial charge is 0.479 e. The highest BCUT2D eigenvalue weighted by Gasteiger charge is 2.22. The van der Waals surface area contributed by atoms with Crippen LogP contribution in [0.5, 0.6) is 0 Å². The van der Waals surface area contributed by atoms with Crippen LogP contribution in [0.3, 0.4) is 0 Å². The maximum absolute atomic E-state index is 11.7. The summed E-state index contributed by atoms with van der Waals surface area (Å²) in [6, 6.07) is 15.5. The molecule has 4 rings (SSSR count). The second-order valence-electron chi connectivity index (χ2n) is 5.32. The van der Waals surface area contributed by atoms with E-state index in [0.717, 1.165) is 5.39 Å². The van der Waals surface area contributed by atoms with Gasteiger partial charge >= 0.3 is 5.97 Å². The van der Waals surface area contributed by atoms with Gasteiger partial charge in [-0.1, -0.05) is 42.5 Å². The van der Waals surface area contributed by atoms with Gasteiger partial charge in [-0.2, -0.15) is 0 Å². The van der Waals surface area contributed by atoms with E-state index in [4.69, 9.17) is 4.42 Å². The zero-order valence-corrected chi connectivity index (χ0v) is 12.5. The highest BCUT2D eigenvalue weighted by Crippen LogP contribution is 2.31. The molecule has 4 aromatic rings. The predicted octanol–water partition coefficient (Wildman–Crippen LogP) is 3.61. The van der Waals surface area contributed by atoms with Crippen molar-refractivity contribution in [3.05, 3.63) is 66.5 Å². The van der Waals surface area contributed by atoms with Gasteiger partial charge in [-0.25, -0.2) is 14.8 Å². The Morgan fingerprint density at radius 1 is 1.04 bits per heavy atom. The minimum absolute atomic E-state index is 0.354. The molecule has 0 aliphatic rings. The number of hydrogen-bond acceptors (Lipinski definition) is 5. The van der Waals surface area contributed by atoms with Crippen molar-refractivity contribution < 1.29 is 14.3 Å². The quantitative estimate of drug-likeness (QED) is 0.597. The van der Waals surface area contributed by atoms with E-state index in [1.165, 1.54) is 6.33 Å². The van der Waals surface area contributed by atoms with Crippen molar-refractivity contribution in [2.45, 2.75) is 6.04 Å². The number of aliphatic carboxylic acids is 1. The van der Waals surface area contributed by atoms with E-state index in [-0.39, 0.29) is 0 Å². The first-order chi connectivity index (χ1) is 11.7. The Bertz CT molecular complexity index is 1030. The van der Waals surface area contributed by atoms with Crippen LogP contribution >= 0.6 is 0 Å². The Morgan fingerprint density at radius 2 is 1.79 bits per heavy atom. The molecule has 0 unspecified atom stereocenters. The summed E-state index contributed by atoms with van der Waals surface area (Å²) in [4.78, 5) is 20.1. The minimum Gasteiger partial charge on any atom is -0.479 e. The van der Waals surface area contributed by atoms with E-state index in [1.807, 2.05) is 30.3 Å². The molecule has 6 nitrogen and oxygen atoms in total. The molecule has 24 heavy (non-hydrogen) atoms. The maximum atomic E-state index is 11.7. The summed E-state index contributed by atoms with van der Waals surface area (Å²) >= 11 is 0. The number of aromatic nitrogens is 2. The first kappa shape index (κ1) is 14.2.